The van der Waals surface area contributed by atoms with Gasteiger partial charge in [-0.3, -0.25) is 19.6 Å². The molecular formula is C36H45F2N7O3. The molecule has 1 spiro atoms. The summed E-state index contributed by atoms with van der Waals surface area (Å²) in [6, 6.07) is 5.98. The van der Waals surface area contributed by atoms with Crippen molar-refractivity contribution in [3.8, 4) is 17.2 Å². The number of halogens is 2. The molecule has 12 heteroatoms. The van der Waals surface area contributed by atoms with Crippen molar-refractivity contribution < 1.29 is 23.0 Å². The molecular weight excluding hydrogens is 616 g/mol. The standard InChI is InChI=1S/C36H45F2N7O3/c1-4-45(24(2)3)35(46)28-14-25(37)6-7-31(28)48-33-17-39-23-41-34(33)44-21-36(22-44)15-27(16-36)47-32-8-10-40-30-9-13-42(20-29(30)32)11-5-12-43-18-26(38)19-43/h6-8,10,14,17,23-24,26-27H,4-5,9,11-13,15-16,18-22H2,1-3H3. The smallest absolute Gasteiger partial charge is 0.257 e. The minimum absolute atomic E-state index is 0.0425. The number of benzene rings is 1. The summed E-state index contributed by atoms with van der Waals surface area (Å²) >= 11 is 0. The monoisotopic (exact) mass is 661 g/mol. The molecule has 2 aromatic heterocycles. The number of rotatable bonds is 12. The van der Waals surface area contributed by atoms with Crippen LogP contribution in [0.5, 0.6) is 17.2 Å². The van der Waals surface area contributed by atoms with Crippen LogP contribution in [0.25, 0.3) is 0 Å². The van der Waals surface area contributed by atoms with E-state index in [1.807, 2.05) is 33.0 Å². The van der Waals surface area contributed by atoms with Crippen molar-refractivity contribution in [2.75, 3.05) is 57.3 Å². The number of aromatic nitrogens is 3. The number of carbonyl (C=O) groups is 1. The molecule has 1 amide bonds. The number of carbonyl (C=O) groups excluding carboxylic acids is 1. The first-order chi connectivity index (χ1) is 23.2. The normalized spacial score (nSPS) is 19.4. The number of pyridine rings is 1. The highest BCUT2D eigenvalue weighted by molar-refractivity contribution is 5.97. The fourth-order valence-electron chi connectivity index (χ4n) is 7.71. The van der Waals surface area contributed by atoms with Crippen molar-refractivity contribution in [2.24, 2.45) is 5.41 Å². The number of fused-ring (bicyclic) bond motifs is 1. The van der Waals surface area contributed by atoms with Gasteiger partial charge in [-0.2, -0.15) is 0 Å². The van der Waals surface area contributed by atoms with E-state index in [0.29, 0.717) is 31.2 Å². The number of likely N-dealkylation sites (tertiary alicyclic amines) is 1. The second kappa shape index (κ2) is 13.5. The van der Waals surface area contributed by atoms with Crippen LogP contribution in [0, 0.1) is 11.2 Å². The summed E-state index contributed by atoms with van der Waals surface area (Å²) in [6.45, 7) is 12.8. The topological polar surface area (TPSA) is 87.2 Å². The highest BCUT2D eigenvalue weighted by atomic mass is 19.1. The molecule has 1 aromatic carbocycles. The summed E-state index contributed by atoms with van der Waals surface area (Å²) in [7, 11) is 0. The fourth-order valence-corrected chi connectivity index (χ4v) is 7.71. The van der Waals surface area contributed by atoms with Crippen molar-refractivity contribution in [3.05, 3.63) is 65.6 Å². The number of hydrogen-bond acceptors (Lipinski definition) is 9. The van der Waals surface area contributed by atoms with Crippen LogP contribution < -0.4 is 14.4 Å². The first kappa shape index (κ1) is 32.6. The van der Waals surface area contributed by atoms with Crippen LogP contribution in [-0.2, 0) is 13.0 Å². The van der Waals surface area contributed by atoms with Gasteiger partial charge in [-0.25, -0.2) is 18.7 Å². The molecule has 1 aliphatic carbocycles. The van der Waals surface area contributed by atoms with Gasteiger partial charge in [0.2, 0.25) is 0 Å². The van der Waals surface area contributed by atoms with Crippen LogP contribution in [0.4, 0.5) is 14.6 Å². The Morgan fingerprint density at radius 1 is 1.08 bits per heavy atom. The van der Waals surface area contributed by atoms with E-state index < -0.39 is 12.0 Å². The van der Waals surface area contributed by atoms with Crippen LogP contribution in [-0.4, -0.2) is 106 Å². The van der Waals surface area contributed by atoms with Gasteiger partial charge in [-0.1, -0.05) is 0 Å². The second-order valence-electron chi connectivity index (χ2n) is 14.1. The number of alkyl halides is 1. The molecule has 0 unspecified atom stereocenters. The first-order valence-corrected chi connectivity index (χ1v) is 17.3. The molecule has 0 atom stereocenters. The number of amides is 1. The third-order valence-corrected chi connectivity index (χ3v) is 10.3. The summed E-state index contributed by atoms with van der Waals surface area (Å²) in [5.74, 6) is 1.51. The Bertz CT molecular complexity index is 1620. The van der Waals surface area contributed by atoms with Crippen LogP contribution in [0.15, 0.2) is 43.0 Å². The fraction of sp³-hybridized carbons (Fsp3) is 0.556. The molecule has 3 aliphatic heterocycles. The summed E-state index contributed by atoms with van der Waals surface area (Å²) in [4.78, 5) is 35.2. The molecule has 3 fully saturated rings. The molecule has 48 heavy (non-hydrogen) atoms. The highest BCUT2D eigenvalue weighted by Gasteiger charge is 2.54. The van der Waals surface area contributed by atoms with Gasteiger partial charge in [0.25, 0.3) is 5.91 Å². The van der Waals surface area contributed by atoms with Crippen molar-refractivity contribution in [2.45, 2.75) is 71.3 Å². The van der Waals surface area contributed by atoms with Gasteiger partial charge in [0.15, 0.2) is 11.6 Å². The Labute approximate surface area is 281 Å². The predicted molar refractivity (Wildman–Crippen MR) is 178 cm³/mol. The number of nitrogens with zero attached hydrogens (tertiary/aromatic N) is 7. The van der Waals surface area contributed by atoms with Gasteiger partial charge in [0.1, 0.15) is 35.9 Å². The van der Waals surface area contributed by atoms with Crippen LogP contribution in [0.3, 0.4) is 0 Å². The van der Waals surface area contributed by atoms with Crippen molar-refractivity contribution in [1.29, 1.82) is 0 Å². The maximum Gasteiger partial charge on any atom is 0.257 e. The molecule has 1 saturated carbocycles. The maximum atomic E-state index is 14.3. The molecule has 256 valence electrons. The van der Waals surface area contributed by atoms with Crippen molar-refractivity contribution in [1.82, 2.24) is 29.7 Å². The Morgan fingerprint density at radius 3 is 2.62 bits per heavy atom. The van der Waals surface area contributed by atoms with E-state index in [-0.39, 0.29) is 34.8 Å². The predicted octanol–water partition coefficient (Wildman–Crippen LogP) is 5.12. The summed E-state index contributed by atoms with van der Waals surface area (Å²) in [5.41, 5.74) is 2.65. The van der Waals surface area contributed by atoms with Gasteiger partial charge in [0.05, 0.1) is 11.8 Å². The molecule has 0 bridgehead atoms. The van der Waals surface area contributed by atoms with E-state index in [1.54, 1.807) is 11.1 Å². The lowest BCUT2D eigenvalue weighted by atomic mass is 9.61. The second-order valence-corrected chi connectivity index (χ2v) is 14.1. The van der Waals surface area contributed by atoms with E-state index in [4.69, 9.17) is 9.47 Å². The molecule has 0 N–H and O–H groups in total. The molecule has 4 aliphatic rings. The van der Waals surface area contributed by atoms with Crippen molar-refractivity contribution in [3.63, 3.8) is 0 Å². The van der Waals surface area contributed by atoms with Crippen LogP contribution in [0.2, 0.25) is 0 Å². The lowest BCUT2D eigenvalue weighted by molar-refractivity contribution is -0.0353. The van der Waals surface area contributed by atoms with Gasteiger partial charge in [-0.15, -0.1) is 0 Å². The lowest BCUT2D eigenvalue weighted by Gasteiger charge is -2.59. The number of ether oxygens (including phenoxy) is 2. The van der Waals surface area contributed by atoms with Gasteiger partial charge in [0, 0.05) is 81.1 Å². The SMILES string of the molecule is CCN(C(=O)c1cc(F)ccc1Oc1cncnc1N1CC2(CC(Oc3ccnc4c3CN(CCCN3CC(F)C3)CC4)C2)C1)C(C)C. The third-order valence-electron chi connectivity index (χ3n) is 10.3. The zero-order valence-corrected chi connectivity index (χ0v) is 28.1. The zero-order valence-electron chi connectivity index (χ0n) is 28.1. The lowest BCUT2D eigenvalue weighted by Crippen LogP contribution is -2.65. The third kappa shape index (κ3) is 6.69. The number of anilines is 1. The molecule has 5 heterocycles. The van der Waals surface area contributed by atoms with Crippen LogP contribution in [0.1, 0.15) is 61.6 Å². The largest absolute Gasteiger partial charge is 0.490 e. The molecule has 10 nitrogen and oxygen atoms in total. The van der Waals surface area contributed by atoms with E-state index >= 15 is 0 Å². The maximum absolute atomic E-state index is 14.3. The summed E-state index contributed by atoms with van der Waals surface area (Å²) < 4.78 is 40.3. The minimum Gasteiger partial charge on any atom is -0.490 e. The summed E-state index contributed by atoms with van der Waals surface area (Å²) in [6.07, 6.45) is 8.31. The highest BCUT2D eigenvalue weighted by Crippen LogP contribution is 2.52. The first-order valence-electron chi connectivity index (χ1n) is 17.3. The molecule has 7 rings (SSSR count). The average molecular weight is 662 g/mol. The van der Waals surface area contributed by atoms with E-state index in [2.05, 4.69) is 29.7 Å². The van der Waals surface area contributed by atoms with Crippen LogP contribution >= 0.6 is 0 Å². The minimum atomic E-state index is -0.647. The van der Waals surface area contributed by atoms with E-state index in [9.17, 15) is 13.6 Å². The van der Waals surface area contributed by atoms with E-state index in [1.165, 1.54) is 30.1 Å². The van der Waals surface area contributed by atoms with Gasteiger partial charge < -0.3 is 19.3 Å². The molecule has 3 aromatic rings. The Hall–Kier alpha value is -3.90. The van der Waals surface area contributed by atoms with Crippen molar-refractivity contribution >= 4 is 11.7 Å². The Kier molecular flexibility index (Phi) is 9.21. The Morgan fingerprint density at radius 2 is 1.88 bits per heavy atom. The van der Waals surface area contributed by atoms with E-state index in [0.717, 1.165) is 76.4 Å². The molecule has 2 saturated heterocycles. The number of hydrogen-bond donors (Lipinski definition) is 0. The molecule has 0 radical (unpaired) electrons. The van der Waals surface area contributed by atoms with Gasteiger partial charge in [-0.05, 0) is 77.4 Å². The quantitative estimate of drug-likeness (QED) is 0.263. The average Bonchev–Trinajstić information content (AvgIpc) is 3.02. The zero-order chi connectivity index (χ0) is 33.4. The Balaban J connectivity index is 0.953. The summed E-state index contributed by atoms with van der Waals surface area (Å²) in [5, 5.41) is 0. The van der Waals surface area contributed by atoms with Gasteiger partial charge >= 0.3 is 0 Å².